The van der Waals surface area contributed by atoms with Crippen molar-refractivity contribution in [2.45, 2.75) is 5.91 Å². The number of carbonyl (C=O) groups is 1. The van der Waals surface area contributed by atoms with Gasteiger partial charge in [-0.3, -0.25) is 9.36 Å². The summed E-state index contributed by atoms with van der Waals surface area (Å²) in [5.41, 5.74) is 0. The first-order valence-electron chi connectivity index (χ1n) is 1.63. The summed E-state index contributed by atoms with van der Waals surface area (Å²) in [6.45, 7) is 0. The lowest BCUT2D eigenvalue weighted by Gasteiger charge is -1.99. The first-order valence-corrected chi connectivity index (χ1v) is 3.31. The Balaban J connectivity index is 4.02. The van der Waals surface area contributed by atoms with E-state index in [1.54, 1.807) is 0 Å². The van der Waals surface area contributed by atoms with Gasteiger partial charge in [0.1, 0.15) is 0 Å². The molecule has 4 nitrogen and oxygen atoms in total. The van der Waals surface area contributed by atoms with Gasteiger partial charge in [-0.1, -0.05) is 0 Å². The molecule has 0 aliphatic rings. The second-order valence-electron chi connectivity index (χ2n) is 1.10. The predicted octanol–water partition coefficient (Wildman–Crippen LogP) is -0.341. The van der Waals surface area contributed by atoms with Crippen LogP contribution in [0.15, 0.2) is 0 Å². The average molecular weight is 142 g/mol. The molecular formula is C2H4FO4P. The maximum absolute atomic E-state index is 11.5. The molecular weight excluding hydrogens is 138 g/mol. The fraction of sp³-hybridized carbons (Fsp3) is 0.500. The van der Waals surface area contributed by atoms with E-state index in [-0.39, 0.29) is 0 Å². The van der Waals surface area contributed by atoms with Gasteiger partial charge in [0.05, 0.1) is 0 Å². The van der Waals surface area contributed by atoms with Crippen LogP contribution in [0.2, 0.25) is 0 Å². The second-order valence-corrected chi connectivity index (χ2v) is 2.77. The highest BCUT2D eigenvalue weighted by atomic mass is 31.2. The largest absolute Gasteiger partial charge is 0.366 e. The Kier molecular flexibility index (Phi) is 2.27. The number of rotatable bonds is 2. The van der Waals surface area contributed by atoms with Crippen LogP contribution in [0.3, 0.4) is 0 Å². The van der Waals surface area contributed by atoms with Crippen LogP contribution < -0.4 is 0 Å². The Bertz CT molecular complexity index is 128. The van der Waals surface area contributed by atoms with E-state index in [2.05, 4.69) is 0 Å². The standard InChI is InChI=1S/C2H4FO4P/c3-2(1-4)8(5,6)7/h1-2H,(H2,5,6,7). The van der Waals surface area contributed by atoms with Gasteiger partial charge in [-0.25, -0.2) is 4.39 Å². The van der Waals surface area contributed by atoms with Gasteiger partial charge in [0.25, 0.3) is 5.91 Å². The highest BCUT2D eigenvalue weighted by molar-refractivity contribution is 7.53. The Labute approximate surface area is 44.5 Å². The van der Waals surface area contributed by atoms with Gasteiger partial charge in [-0.05, 0) is 0 Å². The van der Waals surface area contributed by atoms with Crippen molar-refractivity contribution >= 4 is 13.9 Å². The van der Waals surface area contributed by atoms with Crippen LogP contribution in [-0.2, 0) is 9.36 Å². The molecule has 1 unspecified atom stereocenters. The molecule has 0 aliphatic heterocycles. The Morgan fingerprint density at radius 1 is 1.62 bits per heavy atom. The summed E-state index contributed by atoms with van der Waals surface area (Å²) in [4.78, 5) is 24.9. The van der Waals surface area contributed by atoms with Crippen LogP contribution in [0.5, 0.6) is 0 Å². The SMILES string of the molecule is O=CC(F)P(=O)(O)O. The Morgan fingerprint density at radius 3 is 2.00 bits per heavy atom. The lowest BCUT2D eigenvalue weighted by Crippen LogP contribution is -2.00. The lowest BCUT2D eigenvalue weighted by molar-refractivity contribution is -0.110. The molecule has 0 rings (SSSR count). The van der Waals surface area contributed by atoms with Crippen LogP contribution in [-0.4, -0.2) is 22.0 Å². The van der Waals surface area contributed by atoms with Gasteiger partial charge in [0, 0.05) is 0 Å². The van der Waals surface area contributed by atoms with Crippen LogP contribution in [0.1, 0.15) is 0 Å². The molecule has 6 heteroatoms. The smallest absolute Gasteiger partial charge is 0.322 e. The normalized spacial score (nSPS) is 15.4. The molecule has 0 aliphatic carbocycles. The first kappa shape index (κ1) is 7.75. The van der Waals surface area contributed by atoms with Crippen molar-refractivity contribution in [1.82, 2.24) is 0 Å². The molecule has 1 atom stereocenters. The molecule has 0 saturated carbocycles. The predicted molar refractivity (Wildman–Crippen MR) is 23.0 cm³/mol. The van der Waals surface area contributed by atoms with Crippen LogP contribution in [0.25, 0.3) is 0 Å². The average Bonchev–Trinajstić information content (AvgIpc) is 1.62. The summed E-state index contributed by atoms with van der Waals surface area (Å²) < 4.78 is 21.2. The molecule has 0 aromatic heterocycles. The summed E-state index contributed by atoms with van der Waals surface area (Å²) in [6.07, 6.45) is -0.430. The fourth-order valence-corrected chi connectivity index (χ4v) is 0.238. The molecule has 0 spiro atoms. The fourth-order valence-electron chi connectivity index (χ4n) is 0.0793. The molecule has 2 N–H and O–H groups in total. The van der Waals surface area contributed by atoms with E-state index in [4.69, 9.17) is 9.79 Å². The van der Waals surface area contributed by atoms with Crippen molar-refractivity contribution in [3.63, 3.8) is 0 Å². The van der Waals surface area contributed by atoms with Crippen molar-refractivity contribution in [1.29, 1.82) is 0 Å². The highest BCUT2D eigenvalue weighted by Crippen LogP contribution is 2.40. The van der Waals surface area contributed by atoms with E-state index >= 15 is 0 Å². The van der Waals surface area contributed by atoms with Gasteiger partial charge in [-0.15, -0.1) is 0 Å². The zero-order chi connectivity index (χ0) is 6.78. The van der Waals surface area contributed by atoms with Crippen molar-refractivity contribution in [2.75, 3.05) is 0 Å². The molecule has 0 radical (unpaired) electrons. The van der Waals surface area contributed by atoms with E-state index in [1.807, 2.05) is 0 Å². The third kappa shape index (κ3) is 2.16. The molecule has 0 heterocycles. The zero-order valence-electron chi connectivity index (χ0n) is 3.69. The van der Waals surface area contributed by atoms with Gasteiger partial charge in [0.2, 0.25) is 0 Å². The number of alkyl halides is 1. The molecule has 48 valence electrons. The molecule has 8 heavy (non-hydrogen) atoms. The number of carbonyl (C=O) groups excluding carboxylic acids is 1. The highest BCUT2D eigenvalue weighted by Gasteiger charge is 2.27. The zero-order valence-corrected chi connectivity index (χ0v) is 4.59. The van der Waals surface area contributed by atoms with Crippen LogP contribution >= 0.6 is 7.60 Å². The Hall–Kier alpha value is -0.250. The topological polar surface area (TPSA) is 74.6 Å². The molecule has 0 aromatic rings. The van der Waals surface area contributed by atoms with Crippen LogP contribution in [0, 0.1) is 0 Å². The lowest BCUT2D eigenvalue weighted by atomic mass is 10.9. The minimum atomic E-state index is -4.79. The minimum Gasteiger partial charge on any atom is -0.322 e. The Morgan fingerprint density at radius 2 is 2.00 bits per heavy atom. The number of hydrogen-bond acceptors (Lipinski definition) is 2. The summed E-state index contributed by atoms with van der Waals surface area (Å²) in [5, 5.41) is 0. The summed E-state index contributed by atoms with van der Waals surface area (Å²) in [5.74, 6) is -2.66. The van der Waals surface area contributed by atoms with Crippen molar-refractivity contribution in [2.24, 2.45) is 0 Å². The summed E-state index contributed by atoms with van der Waals surface area (Å²) in [7, 11) is -4.79. The van der Waals surface area contributed by atoms with Gasteiger partial charge in [-0.2, -0.15) is 0 Å². The van der Waals surface area contributed by atoms with Crippen molar-refractivity contribution in [3.05, 3.63) is 0 Å². The maximum atomic E-state index is 11.5. The van der Waals surface area contributed by atoms with E-state index in [9.17, 15) is 13.8 Å². The van der Waals surface area contributed by atoms with Crippen molar-refractivity contribution in [3.8, 4) is 0 Å². The molecule has 0 amide bonds. The molecule has 0 aromatic carbocycles. The van der Waals surface area contributed by atoms with Gasteiger partial charge in [0.15, 0.2) is 6.29 Å². The molecule has 0 bridgehead atoms. The number of aldehydes is 1. The minimum absolute atomic E-state index is 0.430. The van der Waals surface area contributed by atoms with E-state index in [0.717, 1.165) is 0 Å². The molecule has 0 fully saturated rings. The van der Waals surface area contributed by atoms with Gasteiger partial charge < -0.3 is 9.79 Å². The third-order valence-corrected chi connectivity index (χ3v) is 1.20. The quantitative estimate of drug-likeness (QED) is 0.408. The number of halogens is 1. The second kappa shape index (κ2) is 2.35. The van der Waals surface area contributed by atoms with E-state index < -0.39 is 19.8 Å². The maximum Gasteiger partial charge on any atom is 0.366 e. The molecule has 0 saturated heterocycles. The van der Waals surface area contributed by atoms with Crippen LogP contribution in [0.4, 0.5) is 4.39 Å². The first-order chi connectivity index (χ1) is 3.48. The van der Waals surface area contributed by atoms with Gasteiger partial charge >= 0.3 is 7.60 Å². The van der Waals surface area contributed by atoms with E-state index in [0.29, 0.717) is 0 Å². The third-order valence-electron chi connectivity index (χ3n) is 0.434. The number of hydrogen-bond donors (Lipinski definition) is 2. The summed E-state index contributed by atoms with van der Waals surface area (Å²) in [6, 6.07) is 0. The van der Waals surface area contributed by atoms with E-state index in [1.165, 1.54) is 0 Å². The monoisotopic (exact) mass is 142 g/mol. The van der Waals surface area contributed by atoms with Crippen molar-refractivity contribution < 1.29 is 23.5 Å². The summed E-state index contributed by atoms with van der Waals surface area (Å²) >= 11 is 0.